The number of hydrogen-bond donors (Lipinski definition) is 1. The molecular formula is C26H32FN5O4. The topological polar surface area (TPSA) is 91.2 Å². The van der Waals surface area contributed by atoms with Crippen LogP contribution in [0.4, 0.5) is 21.5 Å². The van der Waals surface area contributed by atoms with E-state index in [9.17, 15) is 19.3 Å². The number of carbonyl (C=O) groups excluding carboxylic acids is 1. The third-order valence-corrected chi connectivity index (χ3v) is 7.49. The van der Waals surface area contributed by atoms with E-state index in [-0.39, 0.29) is 34.3 Å². The molecule has 36 heavy (non-hydrogen) atoms. The summed E-state index contributed by atoms with van der Waals surface area (Å²) in [5, 5.41) is 14.5. The molecule has 2 aromatic carbocycles. The molecule has 3 heterocycles. The second-order valence-corrected chi connectivity index (χ2v) is 9.66. The molecule has 1 amide bonds. The van der Waals surface area contributed by atoms with Crippen molar-refractivity contribution in [1.82, 2.24) is 10.2 Å². The summed E-state index contributed by atoms with van der Waals surface area (Å²) in [5.74, 6) is -0.642. The van der Waals surface area contributed by atoms with Crippen molar-refractivity contribution in [2.75, 3.05) is 68.8 Å². The van der Waals surface area contributed by atoms with E-state index in [1.54, 1.807) is 18.2 Å². The van der Waals surface area contributed by atoms with E-state index >= 15 is 0 Å². The average molecular weight is 498 g/mol. The molecule has 2 saturated heterocycles. The quantitative estimate of drug-likeness (QED) is 0.357. The number of hydrogen-bond acceptors (Lipinski definition) is 7. The fraction of sp³-hybridized carbons (Fsp3) is 0.500. The second kappa shape index (κ2) is 10.8. The number of nitrogens with one attached hydrogen (secondary N) is 1. The second-order valence-electron chi connectivity index (χ2n) is 9.66. The maximum Gasteiger partial charge on any atom is 0.269 e. The van der Waals surface area contributed by atoms with Gasteiger partial charge in [0, 0.05) is 62.8 Å². The summed E-state index contributed by atoms with van der Waals surface area (Å²) in [6.45, 7) is 6.85. The molecule has 1 N–H and O–H groups in total. The van der Waals surface area contributed by atoms with E-state index in [1.165, 1.54) is 18.2 Å². The first-order valence-electron chi connectivity index (χ1n) is 12.6. The van der Waals surface area contributed by atoms with Crippen LogP contribution >= 0.6 is 0 Å². The summed E-state index contributed by atoms with van der Waals surface area (Å²) >= 11 is 0. The Hall–Kier alpha value is -3.24. The lowest BCUT2D eigenvalue weighted by Crippen LogP contribution is -2.61. The number of ether oxygens (including phenoxy) is 1. The number of amides is 1. The molecule has 3 aliphatic heterocycles. The highest BCUT2D eigenvalue weighted by Gasteiger charge is 2.42. The van der Waals surface area contributed by atoms with Gasteiger partial charge in [-0.1, -0.05) is 0 Å². The van der Waals surface area contributed by atoms with Gasteiger partial charge in [0.15, 0.2) is 0 Å². The number of carbonyl (C=O) groups is 1. The van der Waals surface area contributed by atoms with Gasteiger partial charge >= 0.3 is 0 Å². The zero-order valence-electron chi connectivity index (χ0n) is 20.3. The lowest BCUT2D eigenvalue weighted by atomic mass is 9.83. The molecule has 0 saturated carbocycles. The summed E-state index contributed by atoms with van der Waals surface area (Å²) in [7, 11) is 0. The molecular weight excluding hydrogens is 465 g/mol. The van der Waals surface area contributed by atoms with E-state index in [0.717, 1.165) is 56.2 Å². The highest BCUT2D eigenvalue weighted by molar-refractivity contribution is 5.82. The number of non-ortho nitro benzene ring substituents is 1. The lowest BCUT2D eigenvalue weighted by Gasteiger charge is -2.49. The largest absolute Gasteiger partial charge is 0.379 e. The summed E-state index contributed by atoms with van der Waals surface area (Å²) in [6, 6.07) is 11.3. The van der Waals surface area contributed by atoms with Crippen LogP contribution in [0.5, 0.6) is 0 Å². The number of halogens is 1. The van der Waals surface area contributed by atoms with E-state index in [0.29, 0.717) is 32.6 Å². The van der Waals surface area contributed by atoms with Gasteiger partial charge in [-0.3, -0.25) is 19.8 Å². The zero-order chi connectivity index (χ0) is 25.1. The number of nitrogens with zero attached hydrogens (tertiary/aromatic N) is 4. The molecule has 0 spiro atoms. The predicted octanol–water partition coefficient (Wildman–Crippen LogP) is 2.44. The Labute approximate surface area is 210 Å². The molecule has 192 valence electrons. The summed E-state index contributed by atoms with van der Waals surface area (Å²) in [6.07, 6.45) is 1.31. The number of piperazine rings is 1. The Balaban J connectivity index is 1.32. The van der Waals surface area contributed by atoms with Crippen LogP contribution in [0.25, 0.3) is 0 Å². The van der Waals surface area contributed by atoms with Crippen LogP contribution in [0.1, 0.15) is 12.0 Å². The molecule has 3 aliphatic rings. The normalized spacial score (nSPS) is 22.0. The van der Waals surface area contributed by atoms with Gasteiger partial charge in [-0.25, -0.2) is 4.39 Å². The van der Waals surface area contributed by atoms with Gasteiger partial charge < -0.3 is 19.9 Å². The number of anilines is 2. The van der Waals surface area contributed by atoms with Crippen LogP contribution in [0.15, 0.2) is 42.5 Å². The van der Waals surface area contributed by atoms with E-state index in [2.05, 4.69) is 20.0 Å². The molecule has 0 bridgehead atoms. The maximum atomic E-state index is 13.5. The van der Waals surface area contributed by atoms with Gasteiger partial charge in [-0.2, -0.15) is 0 Å². The molecule has 2 aromatic rings. The predicted molar refractivity (Wildman–Crippen MR) is 135 cm³/mol. The van der Waals surface area contributed by atoms with Crippen LogP contribution in [-0.2, 0) is 16.0 Å². The number of benzene rings is 2. The monoisotopic (exact) mass is 497 g/mol. The third-order valence-electron chi connectivity index (χ3n) is 7.49. The SMILES string of the molecule is O=C(NCCCN1CCOCC1)[C@@H]1Cc2cc([N+](=O)[O-])ccc2N2CCN(c3ccc(F)cc3)C[C@H]12. The van der Waals surface area contributed by atoms with E-state index in [1.807, 2.05) is 6.07 Å². The van der Waals surface area contributed by atoms with E-state index < -0.39 is 0 Å². The standard InChI is InChI=1S/C26H32FN5O4/c27-20-2-4-21(5-3-20)30-10-11-31-24-7-6-22(32(34)35)16-19(24)17-23(25(31)18-30)26(33)28-8-1-9-29-12-14-36-15-13-29/h2-7,16,23,25H,1,8-15,17-18H2,(H,28,33)/t23-,25-/m1/s1. The third kappa shape index (κ3) is 5.29. The number of rotatable bonds is 7. The fourth-order valence-electron chi connectivity index (χ4n) is 5.58. The summed E-state index contributed by atoms with van der Waals surface area (Å²) in [4.78, 5) is 31.2. The van der Waals surface area contributed by atoms with Crippen molar-refractivity contribution < 1.29 is 18.8 Å². The Morgan fingerprint density at radius 3 is 2.64 bits per heavy atom. The first-order valence-corrected chi connectivity index (χ1v) is 12.6. The first-order chi connectivity index (χ1) is 17.5. The maximum absolute atomic E-state index is 13.5. The minimum absolute atomic E-state index is 0.0231. The van der Waals surface area contributed by atoms with Crippen molar-refractivity contribution in [3.05, 3.63) is 64.0 Å². The Morgan fingerprint density at radius 1 is 1.11 bits per heavy atom. The zero-order valence-corrected chi connectivity index (χ0v) is 20.3. The number of fused-ring (bicyclic) bond motifs is 3. The van der Waals surface area contributed by atoms with Crippen molar-refractivity contribution in [3.8, 4) is 0 Å². The molecule has 5 rings (SSSR count). The molecule has 0 radical (unpaired) electrons. The molecule has 10 heteroatoms. The minimum atomic E-state index is -0.389. The van der Waals surface area contributed by atoms with Crippen molar-refractivity contribution in [2.45, 2.75) is 18.9 Å². The molecule has 0 unspecified atom stereocenters. The number of morpholine rings is 1. The van der Waals surface area contributed by atoms with Crippen LogP contribution in [0.3, 0.4) is 0 Å². The average Bonchev–Trinajstić information content (AvgIpc) is 2.91. The molecule has 2 fully saturated rings. The van der Waals surface area contributed by atoms with Gasteiger partial charge in [0.25, 0.3) is 5.69 Å². The van der Waals surface area contributed by atoms with Crippen molar-refractivity contribution >= 4 is 23.0 Å². The Kier molecular flexibility index (Phi) is 7.33. The van der Waals surface area contributed by atoms with Crippen LogP contribution in [0.2, 0.25) is 0 Å². The minimum Gasteiger partial charge on any atom is -0.379 e. The Morgan fingerprint density at radius 2 is 1.89 bits per heavy atom. The number of nitro groups is 1. The molecule has 0 aromatic heterocycles. The fourth-order valence-corrected chi connectivity index (χ4v) is 5.58. The van der Waals surface area contributed by atoms with Crippen LogP contribution in [0, 0.1) is 21.8 Å². The highest BCUT2D eigenvalue weighted by atomic mass is 19.1. The lowest BCUT2D eigenvalue weighted by molar-refractivity contribution is -0.384. The van der Waals surface area contributed by atoms with Crippen LogP contribution in [-0.4, -0.2) is 80.8 Å². The van der Waals surface area contributed by atoms with Gasteiger partial charge in [0.1, 0.15) is 5.82 Å². The van der Waals surface area contributed by atoms with Crippen molar-refractivity contribution in [3.63, 3.8) is 0 Å². The molecule has 2 atom stereocenters. The van der Waals surface area contributed by atoms with E-state index in [4.69, 9.17) is 4.74 Å². The van der Waals surface area contributed by atoms with Gasteiger partial charge in [-0.15, -0.1) is 0 Å². The van der Waals surface area contributed by atoms with Gasteiger partial charge in [0.05, 0.1) is 30.1 Å². The molecule has 9 nitrogen and oxygen atoms in total. The van der Waals surface area contributed by atoms with Gasteiger partial charge in [-0.05, 0) is 55.3 Å². The summed E-state index contributed by atoms with van der Waals surface area (Å²) < 4.78 is 18.9. The molecule has 0 aliphatic carbocycles. The first kappa shape index (κ1) is 24.5. The summed E-state index contributed by atoms with van der Waals surface area (Å²) in [5.41, 5.74) is 2.77. The van der Waals surface area contributed by atoms with Crippen molar-refractivity contribution in [2.24, 2.45) is 5.92 Å². The van der Waals surface area contributed by atoms with Crippen molar-refractivity contribution in [1.29, 1.82) is 0 Å². The van der Waals surface area contributed by atoms with Gasteiger partial charge in [0.2, 0.25) is 5.91 Å². The Bertz CT molecular complexity index is 1090. The van der Waals surface area contributed by atoms with Crippen LogP contribution < -0.4 is 15.1 Å². The highest BCUT2D eigenvalue weighted by Crippen LogP contribution is 2.38. The number of nitro benzene ring substituents is 1. The smallest absolute Gasteiger partial charge is 0.269 e.